The molecule has 3 nitrogen and oxygen atoms in total. The maximum absolute atomic E-state index is 13.1. The average molecular weight is 331 g/mol. The number of benzene rings is 1. The van der Waals surface area contributed by atoms with Crippen molar-refractivity contribution >= 4 is 11.6 Å². The minimum Gasteiger partial charge on any atom is -0.391 e. The number of hydrogen-bond donors (Lipinski definition) is 1. The van der Waals surface area contributed by atoms with E-state index in [4.69, 9.17) is 16.7 Å². The predicted octanol–water partition coefficient (Wildman–Crippen LogP) is 3.45. The first kappa shape index (κ1) is 15.6. The molecule has 0 bridgehead atoms. The van der Waals surface area contributed by atoms with Crippen LogP contribution in [0.25, 0.3) is 5.69 Å². The molecule has 1 N–H and O–H groups in total. The molecule has 114 valence electrons. The standard InChI is InChI=1S/C11H5ClF6N2O/c12-10-5(3-21)9(11(16,17)18)19-20(10)4-1-6(13)8(15)7(14)2-4/h1-2,21H,3H2. The molecule has 1 heterocycles. The second kappa shape index (κ2) is 5.23. The van der Waals surface area contributed by atoms with Crippen molar-refractivity contribution in [3.63, 3.8) is 0 Å². The average Bonchev–Trinajstić information content (AvgIpc) is 2.72. The third kappa shape index (κ3) is 2.70. The van der Waals surface area contributed by atoms with Crippen LogP contribution in [0.3, 0.4) is 0 Å². The van der Waals surface area contributed by atoms with Gasteiger partial charge in [-0.05, 0) is 0 Å². The van der Waals surface area contributed by atoms with Crippen molar-refractivity contribution in [2.24, 2.45) is 0 Å². The lowest BCUT2D eigenvalue weighted by Gasteiger charge is -2.05. The van der Waals surface area contributed by atoms with Crippen molar-refractivity contribution in [1.82, 2.24) is 9.78 Å². The van der Waals surface area contributed by atoms with Gasteiger partial charge in [-0.1, -0.05) is 11.6 Å². The summed E-state index contributed by atoms with van der Waals surface area (Å²) >= 11 is 5.62. The van der Waals surface area contributed by atoms with Crippen molar-refractivity contribution in [2.45, 2.75) is 12.8 Å². The van der Waals surface area contributed by atoms with E-state index in [-0.39, 0.29) is 0 Å². The quantitative estimate of drug-likeness (QED) is 0.676. The van der Waals surface area contributed by atoms with Crippen LogP contribution in [-0.2, 0) is 12.8 Å². The van der Waals surface area contributed by atoms with Gasteiger partial charge >= 0.3 is 6.18 Å². The first-order valence-electron chi connectivity index (χ1n) is 5.27. The fraction of sp³-hybridized carbons (Fsp3) is 0.182. The monoisotopic (exact) mass is 330 g/mol. The third-order valence-corrected chi connectivity index (χ3v) is 2.95. The van der Waals surface area contributed by atoms with Crippen LogP contribution >= 0.6 is 11.6 Å². The summed E-state index contributed by atoms with van der Waals surface area (Å²) in [5, 5.41) is 11.3. The summed E-state index contributed by atoms with van der Waals surface area (Å²) in [7, 11) is 0. The Bertz CT molecular complexity index is 674. The molecular formula is C11H5ClF6N2O. The summed E-state index contributed by atoms with van der Waals surface area (Å²) in [6.45, 7) is -1.08. The molecule has 0 aliphatic rings. The highest BCUT2D eigenvalue weighted by molar-refractivity contribution is 6.30. The normalized spacial score (nSPS) is 12.0. The second-order valence-electron chi connectivity index (χ2n) is 3.91. The highest BCUT2D eigenvalue weighted by Crippen LogP contribution is 2.35. The molecular weight excluding hydrogens is 326 g/mol. The summed E-state index contributed by atoms with van der Waals surface area (Å²) in [6, 6.07) is 0.858. The molecule has 0 radical (unpaired) electrons. The zero-order chi connectivity index (χ0) is 15.9. The van der Waals surface area contributed by atoms with Crippen molar-refractivity contribution in [2.75, 3.05) is 0 Å². The maximum Gasteiger partial charge on any atom is 0.435 e. The van der Waals surface area contributed by atoms with Gasteiger partial charge in [0, 0.05) is 17.7 Å². The third-order valence-electron chi connectivity index (χ3n) is 2.56. The highest BCUT2D eigenvalue weighted by atomic mass is 35.5. The van der Waals surface area contributed by atoms with E-state index in [1.54, 1.807) is 0 Å². The van der Waals surface area contributed by atoms with Gasteiger partial charge in [0.05, 0.1) is 12.3 Å². The smallest absolute Gasteiger partial charge is 0.391 e. The number of aliphatic hydroxyl groups is 1. The Balaban J connectivity index is 2.68. The summed E-state index contributed by atoms with van der Waals surface area (Å²) in [5.41, 5.74) is -2.81. The fourth-order valence-corrected chi connectivity index (χ4v) is 1.92. The van der Waals surface area contributed by atoms with Crippen molar-refractivity contribution in [1.29, 1.82) is 0 Å². The Hall–Kier alpha value is -1.74. The molecule has 2 aromatic rings. The van der Waals surface area contributed by atoms with Gasteiger partial charge in [0.2, 0.25) is 0 Å². The van der Waals surface area contributed by atoms with E-state index >= 15 is 0 Å². The van der Waals surface area contributed by atoms with Gasteiger partial charge in [0.1, 0.15) is 5.15 Å². The van der Waals surface area contributed by atoms with E-state index < -0.39 is 52.3 Å². The lowest BCUT2D eigenvalue weighted by molar-refractivity contribution is -0.142. The van der Waals surface area contributed by atoms with Crippen molar-refractivity contribution in [3.8, 4) is 5.69 Å². The van der Waals surface area contributed by atoms with Gasteiger partial charge in [-0.3, -0.25) is 0 Å². The minimum atomic E-state index is -4.93. The van der Waals surface area contributed by atoms with Gasteiger partial charge in [-0.15, -0.1) is 0 Å². The van der Waals surface area contributed by atoms with Crippen LogP contribution in [0.5, 0.6) is 0 Å². The van der Waals surface area contributed by atoms with E-state index in [2.05, 4.69) is 5.10 Å². The molecule has 0 aliphatic carbocycles. The summed E-state index contributed by atoms with van der Waals surface area (Å²) in [5.74, 6) is -5.01. The first-order valence-corrected chi connectivity index (χ1v) is 5.65. The van der Waals surface area contributed by atoms with Crippen LogP contribution in [0.2, 0.25) is 5.15 Å². The molecule has 0 saturated heterocycles. The summed E-state index contributed by atoms with van der Waals surface area (Å²) in [6.07, 6.45) is -4.93. The van der Waals surface area contributed by atoms with Crippen LogP contribution in [-0.4, -0.2) is 14.9 Å². The van der Waals surface area contributed by atoms with Crippen LogP contribution < -0.4 is 0 Å². The SMILES string of the molecule is OCc1c(C(F)(F)F)nn(-c2cc(F)c(F)c(F)c2)c1Cl. The Labute approximate surface area is 118 Å². The molecule has 10 heteroatoms. The first-order chi connectivity index (χ1) is 9.66. The zero-order valence-electron chi connectivity index (χ0n) is 9.85. The minimum absolute atomic E-state index is 0.363. The van der Waals surface area contributed by atoms with Crippen molar-refractivity contribution < 1.29 is 31.4 Å². The largest absolute Gasteiger partial charge is 0.435 e. The van der Waals surface area contributed by atoms with E-state index in [0.717, 1.165) is 0 Å². The molecule has 0 atom stereocenters. The van der Waals surface area contributed by atoms with Gasteiger partial charge in [0.15, 0.2) is 23.1 Å². The highest BCUT2D eigenvalue weighted by Gasteiger charge is 2.39. The molecule has 1 aromatic carbocycles. The van der Waals surface area contributed by atoms with E-state index in [1.807, 2.05) is 0 Å². The molecule has 0 spiro atoms. The van der Waals surface area contributed by atoms with E-state index in [1.165, 1.54) is 0 Å². The van der Waals surface area contributed by atoms with Crippen LogP contribution in [0, 0.1) is 17.5 Å². The van der Waals surface area contributed by atoms with Crippen LogP contribution in [0.1, 0.15) is 11.3 Å². The number of nitrogens with zero attached hydrogens (tertiary/aromatic N) is 2. The lowest BCUT2D eigenvalue weighted by Crippen LogP contribution is -2.10. The zero-order valence-corrected chi connectivity index (χ0v) is 10.6. The number of aromatic nitrogens is 2. The van der Waals surface area contributed by atoms with Gasteiger partial charge in [0.25, 0.3) is 0 Å². The Morgan fingerprint density at radius 3 is 2.05 bits per heavy atom. The Morgan fingerprint density at radius 1 is 1.14 bits per heavy atom. The summed E-state index contributed by atoms with van der Waals surface area (Å²) < 4.78 is 77.6. The van der Waals surface area contributed by atoms with Crippen LogP contribution in [0.15, 0.2) is 12.1 Å². The van der Waals surface area contributed by atoms with Crippen LogP contribution in [0.4, 0.5) is 26.3 Å². The molecule has 2 rings (SSSR count). The molecule has 0 saturated carbocycles. The predicted molar refractivity (Wildman–Crippen MR) is 59.4 cm³/mol. The number of rotatable bonds is 2. The molecule has 0 amide bonds. The van der Waals surface area contributed by atoms with Gasteiger partial charge in [-0.2, -0.15) is 18.3 Å². The maximum atomic E-state index is 13.1. The molecule has 21 heavy (non-hydrogen) atoms. The molecule has 0 fully saturated rings. The number of aliphatic hydroxyl groups excluding tert-OH is 1. The number of hydrogen-bond acceptors (Lipinski definition) is 2. The van der Waals surface area contributed by atoms with Gasteiger partial charge < -0.3 is 5.11 Å². The number of alkyl halides is 3. The molecule has 1 aromatic heterocycles. The molecule has 0 unspecified atom stereocenters. The molecule has 0 aliphatic heterocycles. The second-order valence-corrected chi connectivity index (χ2v) is 4.27. The van der Waals surface area contributed by atoms with E-state index in [0.29, 0.717) is 16.8 Å². The van der Waals surface area contributed by atoms with Crippen molar-refractivity contribution in [3.05, 3.63) is 46.0 Å². The Kier molecular flexibility index (Phi) is 3.89. The summed E-state index contributed by atoms with van der Waals surface area (Å²) in [4.78, 5) is 0. The fourth-order valence-electron chi connectivity index (χ4n) is 1.63. The number of halogens is 7. The topological polar surface area (TPSA) is 38.1 Å². The van der Waals surface area contributed by atoms with E-state index in [9.17, 15) is 26.3 Å². The van der Waals surface area contributed by atoms with Gasteiger partial charge in [-0.25, -0.2) is 17.9 Å². The Morgan fingerprint density at radius 2 is 1.67 bits per heavy atom. The lowest BCUT2D eigenvalue weighted by atomic mass is 10.2.